The van der Waals surface area contributed by atoms with Crippen molar-refractivity contribution in [3.8, 4) is 17.1 Å². The molecule has 2 rings (SSSR count). The SMILES string of the molecule is COc1ccccc1-c1nnc(SCC(=O)C(C)(C)C)n1C. The highest BCUT2D eigenvalue weighted by Crippen LogP contribution is 2.30. The zero-order valence-electron chi connectivity index (χ0n) is 13.6. The minimum atomic E-state index is -0.336. The van der Waals surface area contributed by atoms with E-state index in [1.54, 1.807) is 7.11 Å². The first-order valence-corrected chi connectivity index (χ1v) is 8.02. The second-order valence-corrected chi connectivity index (χ2v) is 6.97. The fraction of sp³-hybridized carbons (Fsp3) is 0.438. The lowest BCUT2D eigenvalue weighted by Gasteiger charge is -2.15. The summed E-state index contributed by atoms with van der Waals surface area (Å²) in [7, 11) is 3.53. The first-order valence-electron chi connectivity index (χ1n) is 7.03. The summed E-state index contributed by atoms with van der Waals surface area (Å²) in [6.45, 7) is 5.77. The molecule has 1 heterocycles. The number of rotatable bonds is 5. The van der Waals surface area contributed by atoms with Crippen molar-refractivity contribution in [2.75, 3.05) is 12.9 Å². The number of nitrogens with zero attached hydrogens (tertiary/aromatic N) is 3. The monoisotopic (exact) mass is 319 g/mol. The highest BCUT2D eigenvalue weighted by molar-refractivity contribution is 7.99. The molecule has 22 heavy (non-hydrogen) atoms. The van der Waals surface area contributed by atoms with E-state index >= 15 is 0 Å². The Morgan fingerprint density at radius 3 is 2.59 bits per heavy atom. The Labute approximate surface area is 135 Å². The number of thioether (sulfide) groups is 1. The molecule has 1 aromatic carbocycles. The number of para-hydroxylation sites is 1. The number of Topliss-reactive ketones (excluding diaryl/α,β-unsaturated/α-hetero) is 1. The van der Waals surface area contributed by atoms with Crippen LogP contribution in [0.5, 0.6) is 5.75 Å². The van der Waals surface area contributed by atoms with E-state index < -0.39 is 0 Å². The van der Waals surface area contributed by atoms with E-state index in [9.17, 15) is 4.79 Å². The van der Waals surface area contributed by atoms with Crippen molar-refractivity contribution in [3.05, 3.63) is 24.3 Å². The number of carbonyl (C=O) groups is 1. The molecule has 118 valence electrons. The minimum absolute atomic E-state index is 0.194. The van der Waals surface area contributed by atoms with Gasteiger partial charge in [-0.05, 0) is 12.1 Å². The maximum Gasteiger partial charge on any atom is 0.191 e. The molecule has 0 unspecified atom stereocenters. The first-order chi connectivity index (χ1) is 10.3. The zero-order valence-corrected chi connectivity index (χ0v) is 14.4. The van der Waals surface area contributed by atoms with Crippen LogP contribution in [0.15, 0.2) is 29.4 Å². The fourth-order valence-electron chi connectivity index (χ4n) is 1.85. The van der Waals surface area contributed by atoms with Gasteiger partial charge in [-0.2, -0.15) is 0 Å². The summed E-state index contributed by atoms with van der Waals surface area (Å²) >= 11 is 1.41. The molecule has 6 heteroatoms. The van der Waals surface area contributed by atoms with Crippen LogP contribution in [0.25, 0.3) is 11.4 Å². The van der Waals surface area contributed by atoms with Crippen LogP contribution < -0.4 is 4.74 Å². The van der Waals surface area contributed by atoms with Gasteiger partial charge < -0.3 is 9.30 Å². The van der Waals surface area contributed by atoms with Crippen molar-refractivity contribution >= 4 is 17.5 Å². The Balaban J connectivity index is 2.21. The maximum atomic E-state index is 12.0. The highest BCUT2D eigenvalue weighted by atomic mass is 32.2. The molecule has 0 saturated carbocycles. The molecule has 0 spiro atoms. The number of hydrogen-bond donors (Lipinski definition) is 0. The van der Waals surface area contributed by atoms with Crippen LogP contribution in [0, 0.1) is 5.41 Å². The van der Waals surface area contributed by atoms with Gasteiger partial charge >= 0.3 is 0 Å². The molecule has 0 aliphatic carbocycles. The van der Waals surface area contributed by atoms with Crippen molar-refractivity contribution in [1.29, 1.82) is 0 Å². The van der Waals surface area contributed by atoms with Gasteiger partial charge in [0.25, 0.3) is 0 Å². The molecule has 0 aliphatic rings. The van der Waals surface area contributed by atoms with Gasteiger partial charge in [-0.1, -0.05) is 44.7 Å². The molecule has 0 bridgehead atoms. The van der Waals surface area contributed by atoms with Crippen LogP contribution in [0.3, 0.4) is 0 Å². The number of benzene rings is 1. The summed E-state index contributed by atoms with van der Waals surface area (Å²) in [5.74, 6) is 2.06. The van der Waals surface area contributed by atoms with Gasteiger partial charge in [0.15, 0.2) is 11.0 Å². The van der Waals surface area contributed by atoms with E-state index in [1.165, 1.54) is 11.8 Å². The molecule has 0 amide bonds. The van der Waals surface area contributed by atoms with E-state index in [1.807, 2.05) is 56.7 Å². The van der Waals surface area contributed by atoms with Gasteiger partial charge in [-0.25, -0.2) is 0 Å². The molecular weight excluding hydrogens is 298 g/mol. The normalized spacial score (nSPS) is 11.5. The number of aromatic nitrogens is 3. The molecule has 0 atom stereocenters. The van der Waals surface area contributed by atoms with Crippen LogP contribution in [0.1, 0.15) is 20.8 Å². The van der Waals surface area contributed by atoms with Crippen LogP contribution in [-0.4, -0.2) is 33.4 Å². The third-order valence-electron chi connectivity index (χ3n) is 3.35. The fourth-order valence-corrected chi connectivity index (χ4v) is 2.92. The van der Waals surface area contributed by atoms with Crippen LogP contribution in [0.4, 0.5) is 0 Å². The Morgan fingerprint density at radius 1 is 1.27 bits per heavy atom. The summed E-state index contributed by atoms with van der Waals surface area (Å²) in [5, 5.41) is 9.15. The highest BCUT2D eigenvalue weighted by Gasteiger charge is 2.22. The van der Waals surface area contributed by atoms with Crippen LogP contribution in [-0.2, 0) is 11.8 Å². The summed E-state index contributed by atoms with van der Waals surface area (Å²) in [6, 6.07) is 7.68. The molecular formula is C16H21N3O2S. The van der Waals surface area contributed by atoms with E-state index in [0.29, 0.717) is 5.75 Å². The summed E-state index contributed by atoms with van der Waals surface area (Å²) in [5.41, 5.74) is 0.547. The Bertz CT molecular complexity index is 674. The molecule has 0 radical (unpaired) electrons. The second kappa shape index (κ2) is 6.52. The number of ether oxygens (including phenoxy) is 1. The molecule has 0 aliphatic heterocycles. The average Bonchev–Trinajstić information content (AvgIpc) is 2.84. The number of hydrogen-bond acceptors (Lipinski definition) is 5. The van der Waals surface area contributed by atoms with E-state index in [0.717, 1.165) is 22.3 Å². The summed E-state index contributed by atoms with van der Waals surface area (Å²) < 4.78 is 7.25. The van der Waals surface area contributed by atoms with Crippen molar-refractivity contribution in [2.45, 2.75) is 25.9 Å². The number of ketones is 1. The third-order valence-corrected chi connectivity index (χ3v) is 4.37. The van der Waals surface area contributed by atoms with Gasteiger partial charge in [0.1, 0.15) is 11.5 Å². The second-order valence-electron chi connectivity index (χ2n) is 6.03. The van der Waals surface area contributed by atoms with E-state index in [-0.39, 0.29) is 11.2 Å². The van der Waals surface area contributed by atoms with Gasteiger partial charge in [0.05, 0.1) is 18.4 Å². The summed E-state index contributed by atoms with van der Waals surface area (Å²) in [6.07, 6.45) is 0. The third kappa shape index (κ3) is 3.50. The Hall–Kier alpha value is -1.82. The van der Waals surface area contributed by atoms with Crippen LogP contribution >= 0.6 is 11.8 Å². The Morgan fingerprint density at radius 2 is 1.95 bits per heavy atom. The standard InChI is InChI=1S/C16H21N3O2S/c1-16(2,3)13(20)10-22-15-18-17-14(19(15)4)11-8-6-7-9-12(11)21-5/h6-9H,10H2,1-5H3. The quantitative estimate of drug-likeness (QED) is 0.792. The van der Waals surface area contributed by atoms with Crippen molar-refractivity contribution < 1.29 is 9.53 Å². The zero-order chi connectivity index (χ0) is 16.3. The maximum absolute atomic E-state index is 12.0. The predicted molar refractivity (Wildman–Crippen MR) is 88.2 cm³/mol. The topological polar surface area (TPSA) is 57.0 Å². The average molecular weight is 319 g/mol. The smallest absolute Gasteiger partial charge is 0.191 e. The van der Waals surface area contributed by atoms with Crippen LogP contribution in [0.2, 0.25) is 0 Å². The first kappa shape index (κ1) is 16.5. The lowest BCUT2D eigenvalue weighted by atomic mass is 9.92. The Kier molecular flexibility index (Phi) is 4.90. The largest absolute Gasteiger partial charge is 0.496 e. The molecule has 0 fully saturated rings. The van der Waals surface area contributed by atoms with Crippen molar-refractivity contribution in [1.82, 2.24) is 14.8 Å². The van der Waals surface area contributed by atoms with E-state index in [2.05, 4.69) is 10.2 Å². The van der Waals surface area contributed by atoms with Gasteiger partial charge in [-0.15, -0.1) is 10.2 Å². The molecule has 2 aromatic rings. The lowest BCUT2D eigenvalue weighted by molar-refractivity contribution is -0.123. The number of carbonyl (C=O) groups excluding carboxylic acids is 1. The summed E-state index contributed by atoms with van der Waals surface area (Å²) in [4.78, 5) is 12.0. The minimum Gasteiger partial charge on any atom is -0.496 e. The molecule has 5 nitrogen and oxygen atoms in total. The van der Waals surface area contributed by atoms with Crippen molar-refractivity contribution in [2.24, 2.45) is 12.5 Å². The number of methoxy groups -OCH3 is 1. The molecule has 0 N–H and O–H groups in total. The van der Waals surface area contributed by atoms with Crippen molar-refractivity contribution in [3.63, 3.8) is 0 Å². The van der Waals surface area contributed by atoms with Gasteiger partial charge in [-0.3, -0.25) is 4.79 Å². The van der Waals surface area contributed by atoms with Gasteiger partial charge in [0, 0.05) is 12.5 Å². The molecule has 1 aromatic heterocycles. The van der Waals surface area contributed by atoms with Gasteiger partial charge in [0.2, 0.25) is 0 Å². The predicted octanol–water partition coefficient (Wildman–Crippen LogP) is 3.20. The lowest BCUT2D eigenvalue weighted by Crippen LogP contribution is -2.22. The molecule has 0 saturated heterocycles. The van der Waals surface area contributed by atoms with E-state index in [4.69, 9.17) is 4.74 Å².